The van der Waals surface area contributed by atoms with Crippen molar-refractivity contribution in [3.05, 3.63) is 17.5 Å². The van der Waals surface area contributed by atoms with Crippen molar-refractivity contribution in [1.82, 2.24) is 15.0 Å². The highest BCUT2D eigenvalue weighted by Crippen LogP contribution is 2.14. The zero-order valence-corrected chi connectivity index (χ0v) is 10.7. The van der Waals surface area contributed by atoms with Crippen LogP contribution in [0.1, 0.15) is 24.8 Å². The lowest BCUT2D eigenvalue weighted by molar-refractivity contribution is 0.0819. The lowest BCUT2D eigenvalue weighted by Gasteiger charge is -2.38. The van der Waals surface area contributed by atoms with Crippen LogP contribution in [0.2, 0.25) is 0 Å². The van der Waals surface area contributed by atoms with E-state index in [0.29, 0.717) is 12.6 Å². The number of rotatable bonds is 4. The third kappa shape index (κ3) is 3.06. The summed E-state index contributed by atoms with van der Waals surface area (Å²) < 4.78 is 5.27. The van der Waals surface area contributed by atoms with E-state index >= 15 is 0 Å². The Morgan fingerprint density at radius 3 is 3.00 bits per heavy atom. The second kappa shape index (κ2) is 5.62. The number of hydrogen-bond acceptors (Lipinski definition) is 5. The molecule has 1 aromatic heterocycles. The van der Waals surface area contributed by atoms with Crippen molar-refractivity contribution in [1.29, 1.82) is 0 Å². The average Bonchev–Trinajstić information content (AvgIpc) is 2.79. The molecule has 0 saturated carbocycles. The highest BCUT2D eigenvalue weighted by molar-refractivity contribution is 5.05. The van der Waals surface area contributed by atoms with Crippen LogP contribution in [0.5, 0.6) is 0 Å². The lowest BCUT2D eigenvalue weighted by atomic mass is 10.1. The number of nitrogens with two attached hydrogens (primary N) is 1. The van der Waals surface area contributed by atoms with E-state index in [2.05, 4.69) is 28.9 Å². The van der Waals surface area contributed by atoms with Gasteiger partial charge in [-0.25, -0.2) is 0 Å². The van der Waals surface area contributed by atoms with Crippen LogP contribution in [0.4, 0.5) is 0 Å². The summed E-state index contributed by atoms with van der Waals surface area (Å²) in [5.74, 6) is 0.921. The van der Waals surface area contributed by atoms with Crippen LogP contribution in [0.15, 0.2) is 10.6 Å². The summed E-state index contributed by atoms with van der Waals surface area (Å²) in [5.41, 5.74) is 6.35. The Labute approximate surface area is 103 Å². The highest BCUT2D eigenvalue weighted by Gasteiger charge is 2.23. The zero-order valence-electron chi connectivity index (χ0n) is 10.7. The predicted molar refractivity (Wildman–Crippen MR) is 66.4 cm³/mol. The van der Waals surface area contributed by atoms with Gasteiger partial charge in [-0.1, -0.05) is 12.1 Å². The Morgan fingerprint density at radius 1 is 1.53 bits per heavy atom. The molecule has 2 rings (SSSR count). The Hall–Kier alpha value is -0.910. The van der Waals surface area contributed by atoms with Crippen LogP contribution in [0.3, 0.4) is 0 Å². The van der Waals surface area contributed by atoms with Gasteiger partial charge < -0.3 is 15.2 Å². The third-order valence-electron chi connectivity index (χ3n) is 3.53. The Kier molecular flexibility index (Phi) is 4.15. The number of nitrogens with zero attached hydrogens (tertiary/aromatic N) is 3. The first-order valence-electron chi connectivity index (χ1n) is 6.30. The predicted octanol–water partition coefficient (Wildman–Crippen LogP) is 0.659. The SMILES string of the molecule is CCC1CN(Cc2cc(CN)no2)CCN1C. The van der Waals surface area contributed by atoms with E-state index in [9.17, 15) is 0 Å². The van der Waals surface area contributed by atoms with Crippen molar-refractivity contribution in [2.45, 2.75) is 32.5 Å². The van der Waals surface area contributed by atoms with Crippen molar-refractivity contribution < 1.29 is 4.52 Å². The monoisotopic (exact) mass is 238 g/mol. The standard InChI is InChI=1S/C12H22N4O/c1-3-11-8-16(5-4-15(11)2)9-12-6-10(7-13)14-17-12/h6,11H,3-5,7-9,13H2,1-2H3. The maximum Gasteiger partial charge on any atom is 0.151 e. The molecule has 17 heavy (non-hydrogen) atoms. The molecule has 1 aliphatic heterocycles. The van der Waals surface area contributed by atoms with Gasteiger partial charge in [-0.3, -0.25) is 4.90 Å². The minimum Gasteiger partial charge on any atom is -0.360 e. The molecule has 5 heteroatoms. The van der Waals surface area contributed by atoms with E-state index in [1.54, 1.807) is 0 Å². The molecule has 1 aromatic rings. The fourth-order valence-electron chi connectivity index (χ4n) is 2.34. The van der Waals surface area contributed by atoms with Gasteiger partial charge in [-0.05, 0) is 13.5 Å². The molecule has 96 valence electrons. The van der Waals surface area contributed by atoms with Crippen LogP contribution < -0.4 is 5.73 Å². The molecule has 0 aliphatic carbocycles. The van der Waals surface area contributed by atoms with Crippen molar-refractivity contribution in [2.24, 2.45) is 5.73 Å². The summed E-state index contributed by atoms with van der Waals surface area (Å²) >= 11 is 0. The maximum atomic E-state index is 5.52. The molecule has 0 spiro atoms. The fraction of sp³-hybridized carbons (Fsp3) is 0.750. The largest absolute Gasteiger partial charge is 0.360 e. The molecular weight excluding hydrogens is 216 g/mol. The molecule has 2 heterocycles. The molecule has 5 nitrogen and oxygen atoms in total. The number of likely N-dealkylation sites (N-methyl/N-ethyl adjacent to an activating group) is 1. The molecule has 1 unspecified atom stereocenters. The number of aromatic nitrogens is 1. The van der Waals surface area contributed by atoms with E-state index in [0.717, 1.165) is 37.6 Å². The van der Waals surface area contributed by atoms with Crippen LogP contribution in [0.25, 0.3) is 0 Å². The van der Waals surface area contributed by atoms with Gasteiger partial charge in [-0.15, -0.1) is 0 Å². The molecule has 1 saturated heterocycles. The van der Waals surface area contributed by atoms with Gasteiger partial charge >= 0.3 is 0 Å². The third-order valence-corrected chi connectivity index (χ3v) is 3.53. The van der Waals surface area contributed by atoms with Gasteiger partial charge in [0.05, 0.1) is 12.2 Å². The smallest absolute Gasteiger partial charge is 0.151 e. The van der Waals surface area contributed by atoms with E-state index in [1.807, 2.05) is 6.07 Å². The lowest BCUT2D eigenvalue weighted by Crippen LogP contribution is -2.50. The van der Waals surface area contributed by atoms with E-state index < -0.39 is 0 Å². The Bertz CT molecular complexity index is 352. The quantitative estimate of drug-likeness (QED) is 0.835. The average molecular weight is 238 g/mol. The molecule has 0 aromatic carbocycles. The molecule has 1 fully saturated rings. The summed E-state index contributed by atoms with van der Waals surface area (Å²) in [7, 11) is 2.20. The number of hydrogen-bond donors (Lipinski definition) is 1. The van der Waals surface area contributed by atoms with E-state index in [1.165, 1.54) is 6.42 Å². The topological polar surface area (TPSA) is 58.5 Å². The van der Waals surface area contributed by atoms with E-state index in [4.69, 9.17) is 10.3 Å². The minimum atomic E-state index is 0.448. The zero-order chi connectivity index (χ0) is 12.3. The van der Waals surface area contributed by atoms with E-state index in [-0.39, 0.29) is 0 Å². The van der Waals surface area contributed by atoms with Gasteiger partial charge in [0.25, 0.3) is 0 Å². The molecule has 1 atom stereocenters. The molecule has 0 amide bonds. The summed E-state index contributed by atoms with van der Waals surface area (Å²) in [6, 6.07) is 2.61. The van der Waals surface area contributed by atoms with Crippen LogP contribution >= 0.6 is 0 Å². The summed E-state index contributed by atoms with van der Waals surface area (Å²) in [6.45, 7) is 6.85. The van der Waals surface area contributed by atoms with Gasteiger partial charge in [0, 0.05) is 38.3 Å². The van der Waals surface area contributed by atoms with Gasteiger partial charge in [0.2, 0.25) is 0 Å². The second-order valence-electron chi connectivity index (χ2n) is 4.77. The van der Waals surface area contributed by atoms with Crippen LogP contribution in [-0.2, 0) is 13.1 Å². The highest BCUT2D eigenvalue weighted by atomic mass is 16.5. The van der Waals surface area contributed by atoms with Crippen LogP contribution in [-0.4, -0.2) is 47.7 Å². The second-order valence-corrected chi connectivity index (χ2v) is 4.77. The molecular formula is C12H22N4O. The van der Waals surface area contributed by atoms with Gasteiger partial charge in [0.15, 0.2) is 5.76 Å². The summed E-state index contributed by atoms with van der Waals surface area (Å²) in [5, 5.41) is 3.92. The normalized spacial score (nSPS) is 23.1. The first kappa shape index (κ1) is 12.5. The Balaban J connectivity index is 1.90. The molecule has 0 bridgehead atoms. The van der Waals surface area contributed by atoms with Crippen molar-refractivity contribution in [2.75, 3.05) is 26.7 Å². The summed E-state index contributed by atoms with van der Waals surface area (Å²) in [4.78, 5) is 4.86. The Morgan fingerprint density at radius 2 is 2.35 bits per heavy atom. The van der Waals surface area contributed by atoms with Crippen molar-refractivity contribution in [3.63, 3.8) is 0 Å². The first-order valence-corrected chi connectivity index (χ1v) is 6.30. The van der Waals surface area contributed by atoms with Gasteiger partial charge in [0.1, 0.15) is 0 Å². The van der Waals surface area contributed by atoms with Crippen molar-refractivity contribution in [3.8, 4) is 0 Å². The number of piperazine rings is 1. The maximum absolute atomic E-state index is 5.52. The minimum absolute atomic E-state index is 0.448. The van der Waals surface area contributed by atoms with Crippen molar-refractivity contribution >= 4 is 0 Å². The fourth-order valence-corrected chi connectivity index (χ4v) is 2.34. The molecule has 0 radical (unpaired) electrons. The summed E-state index contributed by atoms with van der Waals surface area (Å²) in [6.07, 6.45) is 1.19. The van der Waals surface area contributed by atoms with Gasteiger partial charge in [-0.2, -0.15) is 0 Å². The molecule has 1 aliphatic rings. The first-order chi connectivity index (χ1) is 8.22. The van der Waals surface area contributed by atoms with Crippen LogP contribution in [0, 0.1) is 0 Å². The molecule has 2 N–H and O–H groups in total.